The number of ether oxygens (including phenoxy) is 1. The summed E-state index contributed by atoms with van der Waals surface area (Å²) in [6, 6.07) is 1.36. The van der Waals surface area contributed by atoms with Crippen LogP contribution in [0.15, 0.2) is 21.5 Å². The molecule has 1 atom stereocenters. The summed E-state index contributed by atoms with van der Waals surface area (Å²) in [6.07, 6.45) is 1.38. The lowest BCUT2D eigenvalue weighted by Gasteiger charge is -2.22. The molecule has 23 heavy (non-hydrogen) atoms. The molecule has 7 heteroatoms. The molecule has 1 unspecified atom stereocenters. The Bertz CT molecular complexity index is 1020. The van der Waals surface area contributed by atoms with Gasteiger partial charge in [-0.2, -0.15) is 0 Å². The molecule has 3 aromatic rings. The van der Waals surface area contributed by atoms with Crippen LogP contribution in [0.1, 0.15) is 13.8 Å². The predicted octanol–water partition coefficient (Wildman–Crippen LogP) is 3.21. The van der Waals surface area contributed by atoms with Gasteiger partial charge in [-0.15, -0.1) is 0 Å². The third kappa shape index (κ3) is 1.89. The van der Waals surface area contributed by atoms with Crippen LogP contribution in [0.5, 0.6) is 5.75 Å². The maximum Gasteiger partial charge on any atom is 0.329 e. The summed E-state index contributed by atoms with van der Waals surface area (Å²) >= 11 is 3.29. The summed E-state index contributed by atoms with van der Waals surface area (Å²) in [5, 5.41) is 0.677. The van der Waals surface area contributed by atoms with Gasteiger partial charge in [0.1, 0.15) is 17.7 Å². The van der Waals surface area contributed by atoms with Crippen LogP contribution in [0, 0.1) is 11.7 Å². The fourth-order valence-corrected chi connectivity index (χ4v) is 3.54. The van der Waals surface area contributed by atoms with Crippen molar-refractivity contribution in [2.45, 2.75) is 26.5 Å². The SMILES string of the molecule is CC(C)C1Cn2c(=O)n(C)c3cnc4cc(F)c(Br)c(c4c32)O1. The Morgan fingerprint density at radius 3 is 2.91 bits per heavy atom. The molecule has 0 spiro atoms. The molecular weight excluding hydrogens is 365 g/mol. The van der Waals surface area contributed by atoms with Crippen LogP contribution >= 0.6 is 15.9 Å². The van der Waals surface area contributed by atoms with Crippen molar-refractivity contribution in [3.63, 3.8) is 0 Å². The van der Waals surface area contributed by atoms with E-state index in [2.05, 4.69) is 20.9 Å². The quantitative estimate of drug-likeness (QED) is 0.652. The zero-order valence-corrected chi connectivity index (χ0v) is 14.5. The van der Waals surface area contributed by atoms with Gasteiger partial charge < -0.3 is 4.74 Å². The largest absolute Gasteiger partial charge is 0.486 e. The van der Waals surface area contributed by atoms with Crippen molar-refractivity contribution < 1.29 is 9.13 Å². The van der Waals surface area contributed by atoms with Crippen LogP contribution < -0.4 is 10.4 Å². The van der Waals surface area contributed by atoms with E-state index in [1.54, 1.807) is 22.4 Å². The summed E-state index contributed by atoms with van der Waals surface area (Å²) in [7, 11) is 1.72. The first-order valence-corrected chi connectivity index (χ1v) is 8.22. The Morgan fingerprint density at radius 1 is 1.48 bits per heavy atom. The minimum atomic E-state index is -0.423. The number of pyridine rings is 1. The lowest BCUT2D eigenvalue weighted by Crippen LogP contribution is -2.33. The average Bonchev–Trinajstić information content (AvgIpc) is 2.67. The van der Waals surface area contributed by atoms with Crippen LogP contribution in [0.25, 0.3) is 21.9 Å². The van der Waals surface area contributed by atoms with Crippen LogP contribution in [0.4, 0.5) is 4.39 Å². The van der Waals surface area contributed by atoms with Gasteiger partial charge in [0.05, 0.1) is 39.2 Å². The summed E-state index contributed by atoms with van der Waals surface area (Å²) in [6.45, 7) is 4.47. The molecule has 1 aromatic carbocycles. The molecule has 1 aliphatic heterocycles. The summed E-state index contributed by atoms with van der Waals surface area (Å²) in [5.41, 5.74) is 1.84. The first-order valence-electron chi connectivity index (χ1n) is 7.42. The summed E-state index contributed by atoms with van der Waals surface area (Å²) < 4.78 is 23.9. The highest BCUT2D eigenvalue weighted by molar-refractivity contribution is 9.10. The van der Waals surface area contributed by atoms with E-state index in [9.17, 15) is 9.18 Å². The van der Waals surface area contributed by atoms with Gasteiger partial charge in [0.15, 0.2) is 0 Å². The molecule has 5 nitrogen and oxygen atoms in total. The number of imidazole rings is 1. The van der Waals surface area contributed by atoms with Crippen molar-refractivity contribution >= 4 is 37.9 Å². The van der Waals surface area contributed by atoms with E-state index in [0.29, 0.717) is 23.2 Å². The van der Waals surface area contributed by atoms with E-state index >= 15 is 0 Å². The summed E-state index contributed by atoms with van der Waals surface area (Å²) in [4.78, 5) is 16.9. The third-order valence-corrected chi connectivity index (χ3v) is 5.22. The van der Waals surface area contributed by atoms with E-state index in [-0.39, 0.29) is 22.2 Å². The second-order valence-corrected chi connectivity index (χ2v) is 7.03. The number of aryl methyl sites for hydroxylation is 1. The molecule has 4 rings (SSSR count). The molecule has 0 N–H and O–H groups in total. The third-order valence-electron chi connectivity index (χ3n) is 4.49. The maximum atomic E-state index is 14.2. The van der Waals surface area contributed by atoms with Crippen molar-refractivity contribution in [2.24, 2.45) is 13.0 Å². The normalized spacial score (nSPS) is 17.2. The highest BCUT2D eigenvalue weighted by Gasteiger charge is 2.29. The van der Waals surface area contributed by atoms with Crippen molar-refractivity contribution in [1.29, 1.82) is 0 Å². The molecule has 0 aliphatic carbocycles. The number of benzene rings is 1. The summed E-state index contributed by atoms with van der Waals surface area (Å²) in [5.74, 6) is 0.173. The fourth-order valence-electron chi connectivity index (χ4n) is 3.13. The molecule has 0 bridgehead atoms. The molecule has 0 saturated heterocycles. The molecule has 3 heterocycles. The standard InChI is InChI=1S/C16H15BrFN3O2/c1-7(2)11-6-21-14-10(20(3)16(21)22)5-19-9-4-8(18)13(17)15(23-11)12(9)14/h4-5,7,11H,6H2,1-3H3. The zero-order chi connectivity index (χ0) is 16.5. The Kier molecular flexibility index (Phi) is 3.07. The maximum absolute atomic E-state index is 14.2. The topological polar surface area (TPSA) is 49.0 Å². The Hall–Kier alpha value is -1.89. The molecule has 0 amide bonds. The van der Waals surface area contributed by atoms with Gasteiger partial charge >= 0.3 is 5.69 Å². The van der Waals surface area contributed by atoms with E-state index in [4.69, 9.17) is 4.74 Å². The monoisotopic (exact) mass is 379 g/mol. The number of rotatable bonds is 1. The number of nitrogens with zero attached hydrogens (tertiary/aromatic N) is 3. The van der Waals surface area contributed by atoms with Crippen LogP contribution in [-0.4, -0.2) is 20.2 Å². The second-order valence-electron chi connectivity index (χ2n) is 6.24. The lowest BCUT2D eigenvalue weighted by molar-refractivity contribution is 0.135. The molecule has 0 saturated carbocycles. The number of hydrogen-bond donors (Lipinski definition) is 0. The van der Waals surface area contributed by atoms with E-state index in [1.165, 1.54) is 6.07 Å². The molecule has 2 aromatic heterocycles. The van der Waals surface area contributed by atoms with Crippen LogP contribution in [0.2, 0.25) is 0 Å². The zero-order valence-electron chi connectivity index (χ0n) is 12.9. The number of halogens is 2. The van der Waals surface area contributed by atoms with Crippen molar-refractivity contribution in [3.8, 4) is 5.75 Å². The lowest BCUT2D eigenvalue weighted by atomic mass is 10.1. The molecule has 1 aliphatic rings. The van der Waals surface area contributed by atoms with Gasteiger partial charge in [-0.3, -0.25) is 14.1 Å². The van der Waals surface area contributed by atoms with Crippen LogP contribution in [0.3, 0.4) is 0 Å². The molecule has 0 fully saturated rings. The minimum Gasteiger partial charge on any atom is -0.486 e. The number of hydrogen-bond acceptors (Lipinski definition) is 3. The van der Waals surface area contributed by atoms with Gasteiger partial charge in [0.2, 0.25) is 0 Å². The number of aromatic nitrogens is 3. The van der Waals surface area contributed by atoms with Crippen molar-refractivity contribution in [1.82, 2.24) is 14.1 Å². The van der Waals surface area contributed by atoms with Gasteiger partial charge in [0.25, 0.3) is 0 Å². The molecule has 0 radical (unpaired) electrons. The predicted molar refractivity (Wildman–Crippen MR) is 89.4 cm³/mol. The Morgan fingerprint density at radius 2 is 2.22 bits per heavy atom. The second kappa shape index (κ2) is 4.80. The van der Waals surface area contributed by atoms with Gasteiger partial charge in [-0.05, 0) is 21.8 Å². The molecular formula is C16H15BrFN3O2. The fraction of sp³-hybridized carbons (Fsp3) is 0.375. The van der Waals surface area contributed by atoms with E-state index in [1.807, 2.05) is 13.8 Å². The van der Waals surface area contributed by atoms with E-state index in [0.717, 1.165) is 11.0 Å². The highest BCUT2D eigenvalue weighted by atomic mass is 79.9. The highest BCUT2D eigenvalue weighted by Crippen LogP contribution is 2.41. The molecule has 120 valence electrons. The minimum absolute atomic E-state index is 0.114. The smallest absolute Gasteiger partial charge is 0.329 e. The van der Waals surface area contributed by atoms with Crippen molar-refractivity contribution in [2.75, 3.05) is 0 Å². The van der Waals surface area contributed by atoms with Crippen molar-refractivity contribution in [3.05, 3.63) is 33.0 Å². The van der Waals surface area contributed by atoms with Crippen LogP contribution in [-0.2, 0) is 13.6 Å². The first-order chi connectivity index (χ1) is 10.9. The Balaban J connectivity index is 2.26. The van der Waals surface area contributed by atoms with Gasteiger partial charge in [-0.25, -0.2) is 9.18 Å². The van der Waals surface area contributed by atoms with Gasteiger partial charge in [-0.1, -0.05) is 13.8 Å². The van der Waals surface area contributed by atoms with E-state index < -0.39 is 5.82 Å². The van der Waals surface area contributed by atoms with Gasteiger partial charge in [0, 0.05) is 13.1 Å². The first kappa shape index (κ1) is 14.7. The Labute approximate surface area is 139 Å². The average molecular weight is 380 g/mol.